The van der Waals surface area contributed by atoms with Crippen molar-refractivity contribution in [1.29, 1.82) is 0 Å². The molecule has 2 heterocycles. The number of nitrogens with two attached hydrogens (primary N) is 1. The molecule has 0 amide bonds. The van der Waals surface area contributed by atoms with Gasteiger partial charge in [0.05, 0.1) is 11.4 Å². The molecule has 4 heteroatoms. The molecule has 1 aliphatic heterocycles. The average molecular weight is 206 g/mol. The lowest BCUT2D eigenvalue weighted by molar-refractivity contribution is 0.602. The zero-order valence-electron chi connectivity index (χ0n) is 9.40. The van der Waals surface area contributed by atoms with Gasteiger partial charge in [0.2, 0.25) is 0 Å². The minimum Gasteiger partial charge on any atom is -0.355 e. The van der Waals surface area contributed by atoms with Gasteiger partial charge in [-0.2, -0.15) is 0 Å². The fourth-order valence-corrected chi connectivity index (χ4v) is 2.04. The summed E-state index contributed by atoms with van der Waals surface area (Å²) in [6, 6.07) is 0. The SMILES string of the molecule is Cc1cnc(C)c(N2CCC(CN)C2)n1. The van der Waals surface area contributed by atoms with Gasteiger partial charge < -0.3 is 10.6 Å². The predicted molar refractivity (Wildman–Crippen MR) is 60.9 cm³/mol. The highest BCUT2D eigenvalue weighted by Crippen LogP contribution is 2.23. The first kappa shape index (κ1) is 10.4. The van der Waals surface area contributed by atoms with Crippen LogP contribution in [0, 0.1) is 19.8 Å². The molecule has 4 nitrogen and oxygen atoms in total. The summed E-state index contributed by atoms with van der Waals surface area (Å²) >= 11 is 0. The third-order valence-electron chi connectivity index (χ3n) is 2.97. The van der Waals surface area contributed by atoms with Crippen molar-refractivity contribution in [2.24, 2.45) is 11.7 Å². The van der Waals surface area contributed by atoms with Gasteiger partial charge in [0.25, 0.3) is 0 Å². The van der Waals surface area contributed by atoms with E-state index >= 15 is 0 Å². The number of hydrogen-bond acceptors (Lipinski definition) is 4. The quantitative estimate of drug-likeness (QED) is 0.780. The monoisotopic (exact) mass is 206 g/mol. The van der Waals surface area contributed by atoms with Crippen LogP contribution in [0.1, 0.15) is 17.8 Å². The minimum absolute atomic E-state index is 0.617. The minimum atomic E-state index is 0.617. The normalized spacial score (nSPS) is 21.0. The Bertz CT molecular complexity index is 350. The molecule has 0 spiro atoms. The van der Waals surface area contributed by atoms with E-state index in [1.54, 1.807) is 0 Å². The summed E-state index contributed by atoms with van der Waals surface area (Å²) in [5.41, 5.74) is 7.67. The third kappa shape index (κ3) is 2.09. The maximum absolute atomic E-state index is 5.68. The van der Waals surface area contributed by atoms with Crippen LogP contribution in [0.5, 0.6) is 0 Å². The van der Waals surface area contributed by atoms with E-state index in [4.69, 9.17) is 5.73 Å². The van der Waals surface area contributed by atoms with Crippen LogP contribution in [0.4, 0.5) is 5.82 Å². The fraction of sp³-hybridized carbons (Fsp3) is 0.636. The molecule has 1 aliphatic rings. The highest BCUT2D eigenvalue weighted by molar-refractivity contribution is 5.44. The highest BCUT2D eigenvalue weighted by Gasteiger charge is 2.23. The topological polar surface area (TPSA) is 55.0 Å². The second-order valence-corrected chi connectivity index (χ2v) is 4.26. The van der Waals surface area contributed by atoms with E-state index in [-0.39, 0.29) is 0 Å². The van der Waals surface area contributed by atoms with E-state index in [9.17, 15) is 0 Å². The standard InChI is InChI=1S/C11H18N4/c1-8-6-13-9(2)11(14-8)15-4-3-10(5-12)7-15/h6,10H,3-5,7,12H2,1-2H3. The molecule has 1 fully saturated rings. The Morgan fingerprint density at radius 1 is 1.53 bits per heavy atom. The van der Waals surface area contributed by atoms with E-state index in [1.165, 1.54) is 6.42 Å². The van der Waals surface area contributed by atoms with Crippen molar-refractivity contribution in [3.63, 3.8) is 0 Å². The zero-order valence-corrected chi connectivity index (χ0v) is 9.40. The van der Waals surface area contributed by atoms with Gasteiger partial charge in [-0.3, -0.25) is 4.98 Å². The molecular formula is C11H18N4. The van der Waals surface area contributed by atoms with Crippen molar-refractivity contribution in [1.82, 2.24) is 9.97 Å². The number of nitrogens with zero attached hydrogens (tertiary/aromatic N) is 3. The van der Waals surface area contributed by atoms with E-state index < -0.39 is 0 Å². The van der Waals surface area contributed by atoms with Gasteiger partial charge in [-0.05, 0) is 32.7 Å². The van der Waals surface area contributed by atoms with Gasteiger partial charge in [0.15, 0.2) is 0 Å². The molecular weight excluding hydrogens is 188 g/mol. The molecule has 0 bridgehead atoms. The lowest BCUT2D eigenvalue weighted by atomic mass is 10.1. The molecule has 2 N–H and O–H groups in total. The summed E-state index contributed by atoms with van der Waals surface area (Å²) < 4.78 is 0. The predicted octanol–water partition coefficient (Wildman–Crippen LogP) is 0.878. The van der Waals surface area contributed by atoms with Crippen LogP contribution < -0.4 is 10.6 Å². The largest absolute Gasteiger partial charge is 0.355 e. The fourth-order valence-electron chi connectivity index (χ4n) is 2.04. The average Bonchev–Trinajstić information content (AvgIpc) is 2.70. The summed E-state index contributed by atoms with van der Waals surface area (Å²) in [6.07, 6.45) is 2.99. The first-order valence-electron chi connectivity index (χ1n) is 5.46. The Balaban J connectivity index is 2.19. The Kier molecular flexibility index (Phi) is 2.86. The highest BCUT2D eigenvalue weighted by atomic mass is 15.2. The van der Waals surface area contributed by atoms with Crippen molar-refractivity contribution in [3.05, 3.63) is 17.6 Å². The summed E-state index contributed by atoms with van der Waals surface area (Å²) in [5.74, 6) is 1.65. The summed E-state index contributed by atoms with van der Waals surface area (Å²) in [5, 5.41) is 0. The lowest BCUT2D eigenvalue weighted by Crippen LogP contribution is -2.24. The smallest absolute Gasteiger partial charge is 0.150 e. The van der Waals surface area contributed by atoms with Crippen molar-refractivity contribution < 1.29 is 0 Å². The maximum Gasteiger partial charge on any atom is 0.150 e. The molecule has 82 valence electrons. The number of aromatic nitrogens is 2. The van der Waals surface area contributed by atoms with Gasteiger partial charge in [-0.1, -0.05) is 0 Å². The van der Waals surface area contributed by atoms with Gasteiger partial charge in [0, 0.05) is 19.3 Å². The van der Waals surface area contributed by atoms with Crippen molar-refractivity contribution in [2.45, 2.75) is 20.3 Å². The molecule has 0 radical (unpaired) electrons. The van der Waals surface area contributed by atoms with E-state index in [0.29, 0.717) is 5.92 Å². The third-order valence-corrected chi connectivity index (χ3v) is 2.97. The van der Waals surface area contributed by atoms with Gasteiger partial charge >= 0.3 is 0 Å². The molecule has 0 aromatic carbocycles. The second kappa shape index (κ2) is 4.14. The maximum atomic E-state index is 5.68. The molecule has 15 heavy (non-hydrogen) atoms. The molecule has 2 rings (SSSR count). The zero-order chi connectivity index (χ0) is 10.8. The van der Waals surface area contributed by atoms with Crippen LogP contribution in [0.3, 0.4) is 0 Å². The van der Waals surface area contributed by atoms with Gasteiger partial charge in [-0.25, -0.2) is 4.98 Å². The Morgan fingerprint density at radius 3 is 3.00 bits per heavy atom. The number of hydrogen-bond donors (Lipinski definition) is 1. The summed E-state index contributed by atoms with van der Waals surface area (Å²) in [4.78, 5) is 11.2. The number of anilines is 1. The lowest BCUT2D eigenvalue weighted by Gasteiger charge is -2.19. The van der Waals surface area contributed by atoms with Crippen LogP contribution in [-0.2, 0) is 0 Å². The summed E-state index contributed by atoms with van der Waals surface area (Å²) in [6.45, 7) is 6.84. The van der Waals surface area contributed by atoms with E-state index in [2.05, 4.69) is 14.9 Å². The molecule has 1 unspecified atom stereocenters. The summed E-state index contributed by atoms with van der Waals surface area (Å²) in [7, 11) is 0. The van der Waals surface area contributed by atoms with Gasteiger partial charge in [0.1, 0.15) is 5.82 Å². The van der Waals surface area contributed by atoms with Crippen LogP contribution >= 0.6 is 0 Å². The molecule has 1 saturated heterocycles. The van der Waals surface area contributed by atoms with Crippen molar-refractivity contribution in [2.75, 3.05) is 24.5 Å². The second-order valence-electron chi connectivity index (χ2n) is 4.26. The molecule has 1 atom stereocenters. The van der Waals surface area contributed by atoms with Crippen LogP contribution in [-0.4, -0.2) is 29.6 Å². The Morgan fingerprint density at radius 2 is 2.33 bits per heavy atom. The molecule has 1 aromatic rings. The molecule has 0 aliphatic carbocycles. The molecule has 1 aromatic heterocycles. The molecule has 0 saturated carbocycles. The first-order valence-corrected chi connectivity index (χ1v) is 5.46. The van der Waals surface area contributed by atoms with Crippen molar-refractivity contribution in [3.8, 4) is 0 Å². The Hall–Kier alpha value is -1.16. The first-order chi connectivity index (χ1) is 7.20. The van der Waals surface area contributed by atoms with Gasteiger partial charge in [-0.15, -0.1) is 0 Å². The Labute approximate surface area is 90.5 Å². The van der Waals surface area contributed by atoms with Crippen LogP contribution in [0.2, 0.25) is 0 Å². The number of rotatable bonds is 2. The van der Waals surface area contributed by atoms with E-state index in [1.807, 2.05) is 20.0 Å². The van der Waals surface area contributed by atoms with E-state index in [0.717, 1.165) is 36.8 Å². The van der Waals surface area contributed by atoms with Crippen LogP contribution in [0.15, 0.2) is 6.20 Å². The van der Waals surface area contributed by atoms with Crippen LogP contribution in [0.25, 0.3) is 0 Å². The van der Waals surface area contributed by atoms with Crippen molar-refractivity contribution >= 4 is 5.82 Å². The number of aryl methyl sites for hydroxylation is 2.